The quantitative estimate of drug-likeness (QED) is 0.819. The number of phenolic OH excluding ortho intramolecular Hbond substituents is 1. The van der Waals surface area contributed by atoms with Gasteiger partial charge in [-0.25, -0.2) is 0 Å². The average molecular weight is 313 g/mol. The molecule has 0 spiro atoms. The van der Waals surface area contributed by atoms with Gasteiger partial charge in [-0.2, -0.15) is 0 Å². The van der Waals surface area contributed by atoms with Gasteiger partial charge >= 0.3 is 0 Å². The zero-order chi connectivity index (χ0) is 12.8. The number of halogens is 1. The van der Waals surface area contributed by atoms with Crippen molar-refractivity contribution in [3.63, 3.8) is 0 Å². The van der Waals surface area contributed by atoms with Gasteiger partial charge < -0.3 is 15.3 Å². The normalized spacial score (nSPS) is 16.9. The highest BCUT2D eigenvalue weighted by molar-refractivity contribution is 9.10. The van der Waals surface area contributed by atoms with Crippen LogP contribution in [0.1, 0.15) is 18.4 Å². The van der Waals surface area contributed by atoms with Crippen LogP contribution in [0, 0.1) is 0 Å². The van der Waals surface area contributed by atoms with Crippen LogP contribution in [0.2, 0.25) is 0 Å². The molecule has 1 aliphatic rings. The van der Waals surface area contributed by atoms with Gasteiger partial charge in [0.05, 0.1) is 4.47 Å². The van der Waals surface area contributed by atoms with Crippen LogP contribution in [-0.2, 0) is 6.42 Å². The maximum absolute atomic E-state index is 9.43. The molecular formula is C14H21BrN2O. The van der Waals surface area contributed by atoms with Crippen LogP contribution >= 0.6 is 15.9 Å². The Kier molecular flexibility index (Phi) is 5.47. The van der Waals surface area contributed by atoms with Crippen LogP contribution in [0.4, 0.5) is 0 Å². The highest BCUT2D eigenvalue weighted by atomic mass is 79.9. The Bertz CT molecular complexity index is 378. The minimum Gasteiger partial charge on any atom is -0.507 e. The second-order valence-corrected chi connectivity index (χ2v) is 5.69. The molecule has 3 nitrogen and oxygen atoms in total. The maximum Gasteiger partial charge on any atom is 0.129 e. The number of unbranched alkanes of at least 4 members (excludes halogenated alkanes) is 1. The molecule has 0 amide bonds. The summed E-state index contributed by atoms with van der Waals surface area (Å²) in [5.74, 6) is 0.319. The number of aromatic hydroxyl groups is 1. The number of piperazine rings is 1. The van der Waals surface area contributed by atoms with E-state index in [2.05, 4.69) is 26.1 Å². The minimum atomic E-state index is 0.319. The molecule has 1 saturated heterocycles. The maximum atomic E-state index is 9.43. The fourth-order valence-electron chi connectivity index (χ4n) is 2.31. The first-order valence-corrected chi connectivity index (χ1v) is 7.45. The molecule has 1 heterocycles. The first kappa shape index (κ1) is 13.8. The molecule has 1 aromatic carbocycles. The van der Waals surface area contributed by atoms with Crippen molar-refractivity contribution >= 4 is 15.9 Å². The third kappa shape index (κ3) is 4.26. The van der Waals surface area contributed by atoms with Gasteiger partial charge in [-0.3, -0.25) is 0 Å². The van der Waals surface area contributed by atoms with Gasteiger partial charge in [0.1, 0.15) is 5.75 Å². The van der Waals surface area contributed by atoms with Crippen LogP contribution in [0.3, 0.4) is 0 Å². The highest BCUT2D eigenvalue weighted by Gasteiger charge is 2.08. The summed E-state index contributed by atoms with van der Waals surface area (Å²) in [6, 6.07) is 5.78. The smallest absolute Gasteiger partial charge is 0.129 e. The van der Waals surface area contributed by atoms with Gasteiger partial charge in [-0.05, 0) is 59.4 Å². The Hall–Kier alpha value is -0.580. The molecule has 4 heteroatoms. The lowest BCUT2D eigenvalue weighted by Crippen LogP contribution is -2.43. The number of aryl methyl sites for hydroxylation is 1. The van der Waals surface area contributed by atoms with Crippen LogP contribution in [0.25, 0.3) is 0 Å². The van der Waals surface area contributed by atoms with Gasteiger partial charge in [-0.15, -0.1) is 0 Å². The van der Waals surface area contributed by atoms with Crippen molar-refractivity contribution in [3.8, 4) is 5.75 Å². The van der Waals surface area contributed by atoms with Crippen molar-refractivity contribution in [3.05, 3.63) is 28.2 Å². The lowest BCUT2D eigenvalue weighted by Gasteiger charge is -2.27. The summed E-state index contributed by atoms with van der Waals surface area (Å²) in [5.41, 5.74) is 1.29. The molecule has 0 atom stereocenters. The van der Waals surface area contributed by atoms with Gasteiger partial charge in [0, 0.05) is 26.2 Å². The number of hydrogen-bond donors (Lipinski definition) is 2. The molecule has 0 aromatic heterocycles. The Labute approximate surface area is 117 Å². The van der Waals surface area contributed by atoms with Crippen molar-refractivity contribution in [1.82, 2.24) is 10.2 Å². The standard InChI is InChI=1S/C14H21BrN2O/c15-13-11-12(4-5-14(13)18)3-1-2-8-17-9-6-16-7-10-17/h4-5,11,16,18H,1-3,6-10H2. The largest absolute Gasteiger partial charge is 0.507 e. The van der Waals surface area contributed by atoms with E-state index in [1.807, 2.05) is 12.1 Å². The molecule has 0 bridgehead atoms. The molecule has 0 radical (unpaired) electrons. The number of rotatable bonds is 5. The van der Waals surface area contributed by atoms with Crippen molar-refractivity contribution in [2.24, 2.45) is 0 Å². The summed E-state index contributed by atoms with van der Waals surface area (Å²) in [7, 11) is 0. The Morgan fingerprint density at radius 2 is 2.00 bits per heavy atom. The third-order valence-electron chi connectivity index (χ3n) is 3.41. The monoisotopic (exact) mass is 312 g/mol. The number of phenols is 1. The molecular weight excluding hydrogens is 292 g/mol. The lowest BCUT2D eigenvalue weighted by atomic mass is 10.1. The van der Waals surface area contributed by atoms with E-state index in [4.69, 9.17) is 0 Å². The van der Waals surface area contributed by atoms with E-state index in [-0.39, 0.29) is 0 Å². The zero-order valence-corrected chi connectivity index (χ0v) is 12.2. The molecule has 0 aliphatic carbocycles. The van der Waals surface area contributed by atoms with E-state index in [0.29, 0.717) is 5.75 Å². The predicted octanol–water partition coefficient (Wildman–Crippen LogP) is 2.38. The zero-order valence-electron chi connectivity index (χ0n) is 10.7. The van der Waals surface area contributed by atoms with E-state index < -0.39 is 0 Å². The predicted molar refractivity (Wildman–Crippen MR) is 78.1 cm³/mol. The van der Waals surface area contributed by atoms with Crippen molar-refractivity contribution in [2.45, 2.75) is 19.3 Å². The minimum absolute atomic E-state index is 0.319. The Morgan fingerprint density at radius 3 is 2.72 bits per heavy atom. The Balaban J connectivity index is 1.66. The van der Waals surface area contributed by atoms with Gasteiger partial charge in [-0.1, -0.05) is 6.07 Å². The average Bonchev–Trinajstić information content (AvgIpc) is 2.40. The van der Waals surface area contributed by atoms with E-state index in [0.717, 1.165) is 24.0 Å². The van der Waals surface area contributed by atoms with Crippen LogP contribution in [-0.4, -0.2) is 42.7 Å². The second kappa shape index (κ2) is 7.12. The molecule has 1 aliphatic heterocycles. The molecule has 0 saturated carbocycles. The first-order chi connectivity index (χ1) is 8.75. The Morgan fingerprint density at radius 1 is 1.22 bits per heavy atom. The molecule has 1 fully saturated rings. The van der Waals surface area contributed by atoms with Gasteiger partial charge in [0.15, 0.2) is 0 Å². The fourth-order valence-corrected chi connectivity index (χ4v) is 2.73. The molecule has 2 rings (SSSR count). The third-order valence-corrected chi connectivity index (χ3v) is 4.05. The van der Waals surface area contributed by atoms with Crippen molar-refractivity contribution in [1.29, 1.82) is 0 Å². The number of nitrogens with one attached hydrogen (secondary N) is 1. The van der Waals surface area contributed by atoms with E-state index in [1.165, 1.54) is 38.0 Å². The van der Waals surface area contributed by atoms with E-state index in [9.17, 15) is 5.11 Å². The van der Waals surface area contributed by atoms with Gasteiger partial charge in [0.25, 0.3) is 0 Å². The van der Waals surface area contributed by atoms with Crippen molar-refractivity contribution < 1.29 is 5.11 Å². The highest BCUT2D eigenvalue weighted by Crippen LogP contribution is 2.24. The molecule has 18 heavy (non-hydrogen) atoms. The van der Waals surface area contributed by atoms with Gasteiger partial charge in [0.2, 0.25) is 0 Å². The van der Waals surface area contributed by atoms with Crippen LogP contribution in [0.5, 0.6) is 5.75 Å². The summed E-state index contributed by atoms with van der Waals surface area (Å²) in [4.78, 5) is 2.53. The van der Waals surface area contributed by atoms with Crippen LogP contribution in [0.15, 0.2) is 22.7 Å². The molecule has 0 unspecified atom stereocenters. The van der Waals surface area contributed by atoms with E-state index >= 15 is 0 Å². The fraction of sp³-hybridized carbons (Fsp3) is 0.571. The number of hydrogen-bond acceptors (Lipinski definition) is 3. The SMILES string of the molecule is Oc1ccc(CCCCN2CCNCC2)cc1Br. The number of nitrogens with zero attached hydrogens (tertiary/aromatic N) is 1. The number of benzene rings is 1. The second-order valence-electron chi connectivity index (χ2n) is 4.83. The summed E-state index contributed by atoms with van der Waals surface area (Å²) < 4.78 is 0.794. The van der Waals surface area contributed by atoms with Crippen molar-refractivity contribution in [2.75, 3.05) is 32.7 Å². The lowest BCUT2D eigenvalue weighted by molar-refractivity contribution is 0.237. The summed E-state index contributed by atoms with van der Waals surface area (Å²) >= 11 is 3.35. The summed E-state index contributed by atoms with van der Waals surface area (Å²) in [5, 5.41) is 12.8. The molecule has 1 aromatic rings. The molecule has 2 N–H and O–H groups in total. The summed E-state index contributed by atoms with van der Waals surface area (Å²) in [6.07, 6.45) is 3.55. The topological polar surface area (TPSA) is 35.5 Å². The summed E-state index contributed by atoms with van der Waals surface area (Å²) in [6.45, 7) is 5.84. The molecule has 100 valence electrons. The van der Waals surface area contributed by atoms with E-state index in [1.54, 1.807) is 6.07 Å². The van der Waals surface area contributed by atoms with Crippen LogP contribution < -0.4 is 5.32 Å². The first-order valence-electron chi connectivity index (χ1n) is 6.66.